The Kier molecular flexibility index (Phi) is 2.76. The van der Waals surface area contributed by atoms with E-state index in [9.17, 15) is 4.39 Å². The van der Waals surface area contributed by atoms with Gasteiger partial charge in [0.05, 0.1) is 17.1 Å². The van der Waals surface area contributed by atoms with E-state index in [0.29, 0.717) is 11.5 Å². The zero-order valence-electron chi connectivity index (χ0n) is 9.77. The second-order valence-electron chi connectivity index (χ2n) is 4.17. The van der Waals surface area contributed by atoms with Crippen molar-refractivity contribution in [2.75, 3.05) is 5.32 Å². The number of imidazole rings is 1. The van der Waals surface area contributed by atoms with Crippen molar-refractivity contribution in [2.24, 2.45) is 0 Å². The second-order valence-corrected chi connectivity index (χ2v) is 4.95. The number of aromatic amines is 1. The number of hydrogen-bond donors (Lipinski definition) is 2. The molecule has 0 amide bonds. The predicted octanol–water partition coefficient (Wildman–Crippen LogP) is 3.94. The van der Waals surface area contributed by atoms with E-state index in [-0.39, 0.29) is 11.9 Å². The maximum Gasteiger partial charge on any atom is 0.201 e. The molecule has 0 radical (unpaired) electrons. The fraction of sp³-hybridized carbons (Fsp3) is 0.154. The summed E-state index contributed by atoms with van der Waals surface area (Å²) in [5.41, 5.74) is 2.68. The molecule has 2 heterocycles. The minimum atomic E-state index is -0.261. The first-order valence-corrected chi connectivity index (χ1v) is 6.60. The minimum absolute atomic E-state index is 0.168. The maximum absolute atomic E-state index is 13.1. The zero-order valence-corrected chi connectivity index (χ0v) is 10.6. The van der Waals surface area contributed by atoms with Crippen LogP contribution in [0.5, 0.6) is 0 Å². The molecule has 0 aliphatic carbocycles. The van der Waals surface area contributed by atoms with Gasteiger partial charge in [-0.1, -0.05) is 0 Å². The van der Waals surface area contributed by atoms with Crippen molar-refractivity contribution in [3.8, 4) is 0 Å². The molecule has 1 aromatic carbocycles. The van der Waals surface area contributed by atoms with Crippen molar-refractivity contribution < 1.29 is 4.39 Å². The summed E-state index contributed by atoms with van der Waals surface area (Å²) in [7, 11) is 0. The molecule has 0 spiro atoms. The Morgan fingerprint density at radius 3 is 3.06 bits per heavy atom. The molecule has 5 heteroatoms. The van der Waals surface area contributed by atoms with E-state index in [1.165, 1.54) is 17.7 Å². The third-order valence-corrected chi connectivity index (χ3v) is 3.54. The van der Waals surface area contributed by atoms with Gasteiger partial charge in [-0.15, -0.1) is 0 Å². The maximum atomic E-state index is 13.1. The second kappa shape index (κ2) is 4.42. The Hall–Kier alpha value is -1.88. The lowest BCUT2D eigenvalue weighted by molar-refractivity contribution is 0.629. The molecule has 2 aromatic heterocycles. The first-order chi connectivity index (χ1) is 8.72. The summed E-state index contributed by atoms with van der Waals surface area (Å²) in [5, 5.41) is 7.41. The largest absolute Gasteiger partial charge is 0.349 e. The fourth-order valence-corrected chi connectivity index (χ4v) is 2.61. The van der Waals surface area contributed by atoms with Gasteiger partial charge in [0, 0.05) is 0 Å². The quantitative estimate of drug-likeness (QED) is 0.749. The van der Waals surface area contributed by atoms with Crippen LogP contribution in [0.3, 0.4) is 0 Å². The Balaban J connectivity index is 1.86. The lowest BCUT2D eigenvalue weighted by Crippen LogP contribution is -2.06. The molecular formula is C13H12FN3S. The average Bonchev–Trinajstić information content (AvgIpc) is 2.95. The highest BCUT2D eigenvalue weighted by Crippen LogP contribution is 2.21. The minimum Gasteiger partial charge on any atom is -0.349 e. The van der Waals surface area contributed by atoms with Crippen molar-refractivity contribution in [3.63, 3.8) is 0 Å². The van der Waals surface area contributed by atoms with Crippen molar-refractivity contribution in [1.29, 1.82) is 0 Å². The lowest BCUT2D eigenvalue weighted by atomic mass is 10.2. The number of fused-ring (bicyclic) bond motifs is 1. The summed E-state index contributed by atoms with van der Waals surface area (Å²) in [6, 6.07) is 6.77. The Morgan fingerprint density at radius 1 is 1.39 bits per heavy atom. The van der Waals surface area contributed by atoms with E-state index in [1.807, 2.05) is 5.38 Å². The van der Waals surface area contributed by atoms with E-state index in [1.54, 1.807) is 17.4 Å². The van der Waals surface area contributed by atoms with Gasteiger partial charge in [-0.3, -0.25) is 0 Å². The van der Waals surface area contributed by atoms with Gasteiger partial charge in [0.1, 0.15) is 5.82 Å². The first-order valence-electron chi connectivity index (χ1n) is 5.66. The summed E-state index contributed by atoms with van der Waals surface area (Å²) in [6.07, 6.45) is 0. The molecule has 1 unspecified atom stereocenters. The molecule has 3 rings (SSSR count). The van der Waals surface area contributed by atoms with Crippen LogP contribution < -0.4 is 5.32 Å². The summed E-state index contributed by atoms with van der Waals surface area (Å²) < 4.78 is 13.1. The molecule has 1 atom stereocenters. The van der Waals surface area contributed by atoms with E-state index < -0.39 is 0 Å². The van der Waals surface area contributed by atoms with Gasteiger partial charge in [-0.05, 0) is 47.5 Å². The molecule has 2 N–H and O–H groups in total. The number of hydrogen-bond acceptors (Lipinski definition) is 3. The van der Waals surface area contributed by atoms with Crippen molar-refractivity contribution in [3.05, 3.63) is 46.4 Å². The van der Waals surface area contributed by atoms with Crippen LogP contribution in [0, 0.1) is 5.82 Å². The number of nitrogens with one attached hydrogen (secondary N) is 2. The van der Waals surface area contributed by atoms with Crippen molar-refractivity contribution in [2.45, 2.75) is 13.0 Å². The Bertz CT molecular complexity index is 660. The van der Waals surface area contributed by atoms with E-state index in [2.05, 4.69) is 33.7 Å². The van der Waals surface area contributed by atoms with Gasteiger partial charge >= 0.3 is 0 Å². The van der Waals surface area contributed by atoms with Crippen LogP contribution in [0.2, 0.25) is 0 Å². The van der Waals surface area contributed by atoms with E-state index >= 15 is 0 Å². The van der Waals surface area contributed by atoms with Crippen LogP contribution in [0.1, 0.15) is 18.5 Å². The van der Waals surface area contributed by atoms with Gasteiger partial charge in [0.15, 0.2) is 0 Å². The van der Waals surface area contributed by atoms with Gasteiger partial charge in [0.2, 0.25) is 5.95 Å². The van der Waals surface area contributed by atoms with Crippen molar-refractivity contribution in [1.82, 2.24) is 9.97 Å². The third kappa shape index (κ3) is 2.09. The monoisotopic (exact) mass is 261 g/mol. The molecular weight excluding hydrogens is 249 g/mol. The summed E-state index contributed by atoms with van der Waals surface area (Å²) in [6.45, 7) is 2.07. The number of halogens is 1. The molecule has 3 nitrogen and oxygen atoms in total. The molecule has 18 heavy (non-hydrogen) atoms. The van der Waals surface area contributed by atoms with Crippen molar-refractivity contribution >= 4 is 28.3 Å². The number of benzene rings is 1. The molecule has 0 saturated heterocycles. The highest BCUT2D eigenvalue weighted by molar-refractivity contribution is 7.07. The predicted molar refractivity (Wildman–Crippen MR) is 72.4 cm³/mol. The first kappa shape index (κ1) is 11.2. The Morgan fingerprint density at radius 2 is 2.28 bits per heavy atom. The molecule has 0 aliphatic heterocycles. The number of thiophene rings is 1. The fourth-order valence-electron chi connectivity index (χ4n) is 1.86. The number of nitrogens with zero attached hydrogens (tertiary/aromatic N) is 1. The third-order valence-electron chi connectivity index (χ3n) is 2.84. The normalized spacial score (nSPS) is 12.8. The van der Waals surface area contributed by atoms with Gasteiger partial charge in [-0.2, -0.15) is 11.3 Å². The summed E-state index contributed by atoms with van der Waals surface area (Å²) in [5.74, 6) is 0.401. The van der Waals surface area contributed by atoms with E-state index in [4.69, 9.17) is 0 Å². The van der Waals surface area contributed by atoms with Crippen LogP contribution >= 0.6 is 11.3 Å². The number of rotatable bonds is 3. The van der Waals surface area contributed by atoms with Crippen LogP contribution in [-0.2, 0) is 0 Å². The topological polar surface area (TPSA) is 40.7 Å². The van der Waals surface area contributed by atoms with Gasteiger partial charge in [0.25, 0.3) is 0 Å². The molecule has 0 bridgehead atoms. The van der Waals surface area contributed by atoms with Gasteiger partial charge in [-0.25, -0.2) is 9.37 Å². The lowest BCUT2D eigenvalue weighted by Gasteiger charge is -2.10. The van der Waals surface area contributed by atoms with Crippen LogP contribution in [0.25, 0.3) is 11.0 Å². The number of anilines is 1. The highest BCUT2D eigenvalue weighted by Gasteiger charge is 2.09. The highest BCUT2D eigenvalue weighted by atomic mass is 32.1. The molecule has 3 aromatic rings. The van der Waals surface area contributed by atoms with E-state index in [0.717, 1.165) is 5.52 Å². The standard InChI is InChI=1S/C13H12FN3S/c1-8(9-4-5-18-7-9)15-13-16-11-3-2-10(14)6-12(11)17-13/h2-8H,1H3,(H2,15,16,17). The van der Waals surface area contributed by atoms with Crippen LogP contribution in [-0.4, -0.2) is 9.97 Å². The molecule has 0 saturated carbocycles. The number of aromatic nitrogens is 2. The zero-order chi connectivity index (χ0) is 12.5. The summed E-state index contributed by atoms with van der Waals surface area (Å²) in [4.78, 5) is 7.44. The number of H-pyrrole nitrogens is 1. The van der Waals surface area contributed by atoms with Crippen LogP contribution in [0.4, 0.5) is 10.3 Å². The molecule has 0 fully saturated rings. The summed E-state index contributed by atoms with van der Waals surface area (Å²) >= 11 is 1.67. The van der Waals surface area contributed by atoms with Gasteiger partial charge < -0.3 is 10.3 Å². The smallest absolute Gasteiger partial charge is 0.201 e. The molecule has 92 valence electrons. The SMILES string of the molecule is CC(Nc1nc2ccc(F)cc2[nH]1)c1ccsc1. The average molecular weight is 261 g/mol. The molecule has 0 aliphatic rings. The Labute approximate surface area is 108 Å². The van der Waals surface area contributed by atoms with Crippen LogP contribution in [0.15, 0.2) is 35.0 Å².